The van der Waals surface area contributed by atoms with Gasteiger partial charge in [0.25, 0.3) is 0 Å². The number of aliphatic hydroxyl groups excluding tert-OH is 2. The molecule has 0 fully saturated rings. The molecule has 200 valence electrons. The molecule has 6 atom stereocenters. The summed E-state index contributed by atoms with van der Waals surface area (Å²) in [7, 11) is 0. The van der Waals surface area contributed by atoms with Crippen molar-refractivity contribution in [3.63, 3.8) is 0 Å². The van der Waals surface area contributed by atoms with E-state index in [0.717, 1.165) is 0 Å². The highest BCUT2D eigenvalue weighted by Crippen LogP contribution is 2.05. The van der Waals surface area contributed by atoms with Gasteiger partial charge in [-0.1, -0.05) is 0 Å². The van der Waals surface area contributed by atoms with Gasteiger partial charge in [0.05, 0.1) is 12.2 Å². The molecule has 0 bridgehead atoms. The van der Waals surface area contributed by atoms with E-state index in [1.807, 2.05) is 0 Å². The molecule has 0 radical (unpaired) electrons. The number of nitrogens with zero attached hydrogens (tertiary/aromatic N) is 1. The first-order chi connectivity index (χ1) is 16.2. The van der Waals surface area contributed by atoms with Gasteiger partial charge in [0.1, 0.15) is 24.2 Å². The van der Waals surface area contributed by atoms with Crippen molar-refractivity contribution in [1.82, 2.24) is 16.0 Å². The Hall–Kier alpha value is -3.50. The molecule has 0 aromatic carbocycles. The van der Waals surface area contributed by atoms with E-state index in [9.17, 15) is 39.3 Å². The number of rotatable bonds is 16. The van der Waals surface area contributed by atoms with Crippen LogP contribution in [-0.4, -0.2) is 93.8 Å². The van der Waals surface area contributed by atoms with Crippen molar-refractivity contribution in [1.29, 1.82) is 0 Å². The van der Waals surface area contributed by atoms with E-state index < -0.39 is 66.0 Å². The number of hydrogen-bond acceptors (Lipinski definition) is 9. The first-order valence-corrected chi connectivity index (χ1v) is 10.8. The fourth-order valence-corrected chi connectivity index (χ4v) is 2.72. The fraction of sp³-hybridized carbons (Fsp3) is 0.684. The molecule has 0 spiro atoms. The van der Waals surface area contributed by atoms with Crippen LogP contribution in [0.2, 0.25) is 0 Å². The Morgan fingerprint density at radius 2 is 1.40 bits per heavy atom. The largest absolute Gasteiger partial charge is 0.480 e. The van der Waals surface area contributed by atoms with E-state index in [1.54, 1.807) is 0 Å². The van der Waals surface area contributed by atoms with Gasteiger partial charge in [-0.25, -0.2) is 4.79 Å². The maximum Gasteiger partial charge on any atom is 0.326 e. The minimum absolute atomic E-state index is 0.00854. The number of aliphatic hydroxyl groups is 2. The average molecular weight is 505 g/mol. The van der Waals surface area contributed by atoms with Crippen LogP contribution in [0.15, 0.2) is 4.99 Å². The van der Waals surface area contributed by atoms with Crippen LogP contribution in [0.5, 0.6) is 0 Å². The molecule has 0 aromatic rings. The number of amides is 4. The topological polar surface area (TPSA) is 299 Å². The third kappa shape index (κ3) is 12.5. The Kier molecular flexibility index (Phi) is 13.9. The summed E-state index contributed by atoms with van der Waals surface area (Å²) in [5.74, 6) is -5.20. The molecule has 0 rings (SSSR count). The van der Waals surface area contributed by atoms with E-state index in [1.165, 1.54) is 13.8 Å². The van der Waals surface area contributed by atoms with Gasteiger partial charge in [-0.3, -0.25) is 24.2 Å². The van der Waals surface area contributed by atoms with Gasteiger partial charge in [0.2, 0.25) is 23.6 Å². The lowest BCUT2D eigenvalue weighted by Gasteiger charge is -2.26. The van der Waals surface area contributed by atoms with Crippen molar-refractivity contribution in [3.8, 4) is 0 Å². The van der Waals surface area contributed by atoms with Crippen LogP contribution in [-0.2, 0) is 24.0 Å². The maximum atomic E-state index is 12.9. The van der Waals surface area contributed by atoms with Gasteiger partial charge in [0.15, 0.2) is 5.96 Å². The Labute approximate surface area is 201 Å². The van der Waals surface area contributed by atoms with E-state index in [-0.39, 0.29) is 38.2 Å². The van der Waals surface area contributed by atoms with Crippen LogP contribution in [0.4, 0.5) is 0 Å². The molecule has 16 nitrogen and oxygen atoms in total. The highest BCUT2D eigenvalue weighted by Gasteiger charge is 2.33. The van der Waals surface area contributed by atoms with Gasteiger partial charge >= 0.3 is 5.97 Å². The van der Waals surface area contributed by atoms with Gasteiger partial charge in [-0.15, -0.1) is 0 Å². The summed E-state index contributed by atoms with van der Waals surface area (Å²) >= 11 is 0. The number of carboxylic acid groups (broad SMARTS) is 1. The average Bonchev–Trinajstić information content (AvgIpc) is 2.74. The minimum atomic E-state index is -1.61. The van der Waals surface area contributed by atoms with Crippen molar-refractivity contribution in [2.45, 2.75) is 75.9 Å². The van der Waals surface area contributed by atoms with Crippen LogP contribution in [0.3, 0.4) is 0 Å². The van der Waals surface area contributed by atoms with E-state index in [4.69, 9.17) is 22.9 Å². The number of hydrogen-bond donors (Lipinski definition) is 10. The molecule has 0 saturated heterocycles. The number of nitrogens with one attached hydrogen (secondary N) is 3. The van der Waals surface area contributed by atoms with E-state index in [2.05, 4.69) is 20.9 Å². The molecule has 0 aromatic heterocycles. The lowest BCUT2D eigenvalue weighted by atomic mass is 10.1. The summed E-state index contributed by atoms with van der Waals surface area (Å²) in [5, 5.41) is 35.5. The van der Waals surface area contributed by atoms with Gasteiger partial charge < -0.3 is 54.2 Å². The zero-order chi connectivity index (χ0) is 27.3. The lowest BCUT2D eigenvalue weighted by Crippen LogP contribution is -2.60. The first kappa shape index (κ1) is 31.5. The van der Waals surface area contributed by atoms with Crippen LogP contribution >= 0.6 is 0 Å². The summed E-state index contributed by atoms with van der Waals surface area (Å²) in [6, 6.07) is -5.73. The second kappa shape index (κ2) is 15.4. The van der Waals surface area contributed by atoms with Crippen molar-refractivity contribution in [2.24, 2.45) is 27.9 Å². The van der Waals surface area contributed by atoms with Crippen molar-refractivity contribution < 1.29 is 39.3 Å². The Balaban J connectivity index is 5.52. The Morgan fingerprint density at radius 1 is 0.829 bits per heavy atom. The predicted molar refractivity (Wildman–Crippen MR) is 123 cm³/mol. The fourth-order valence-electron chi connectivity index (χ4n) is 2.72. The summed E-state index contributed by atoms with van der Waals surface area (Å²) < 4.78 is 0. The van der Waals surface area contributed by atoms with Crippen LogP contribution in [0.1, 0.15) is 39.5 Å². The summed E-state index contributed by atoms with van der Waals surface area (Å²) in [4.78, 5) is 63.8. The van der Waals surface area contributed by atoms with Crippen molar-refractivity contribution in [2.75, 3.05) is 6.54 Å². The number of carbonyl (C=O) groups excluding carboxylic acids is 4. The van der Waals surface area contributed by atoms with Crippen molar-refractivity contribution in [3.05, 3.63) is 0 Å². The zero-order valence-electron chi connectivity index (χ0n) is 19.6. The first-order valence-electron chi connectivity index (χ1n) is 10.8. The summed E-state index contributed by atoms with van der Waals surface area (Å²) in [6.07, 6.45) is -3.11. The predicted octanol–water partition coefficient (Wildman–Crippen LogP) is -5.07. The normalized spacial score (nSPS) is 15.9. The van der Waals surface area contributed by atoms with Gasteiger partial charge in [-0.2, -0.15) is 0 Å². The highest BCUT2D eigenvalue weighted by atomic mass is 16.4. The highest BCUT2D eigenvalue weighted by molar-refractivity contribution is 5.94. The quantitative estimate of drug-likeness (QED) is 0.0538. The Morgan fingerprint density at radius 3 is 1.86 bits per heavy atom. The molecule has 0 aliphatic carbocycles. The van der Waals surface area contributed by atoms with E-state index in [0.29, 0.717) is 0 Å². The van der Waals surface area contributed by atoms with E-state index >= 15 is 0 Å². The summed E-state index contributed by atoms with van der Waals surface area (Å²) in [6.45, 7) is 2.58. The van der Waals surface area contributed by atoms with Crippen LogP contribution in [0.25, 0.3) is 0 Å². The maximum absolute atomic E-state index is 12.9. The van der Waals surface area contributed by atoms with Crippen molar-refractivity contribution >= 4 is 35.6 Å². The third-order valence-electron chi connectivity index (χ3n) is 4.76. The summed E-state index contributed by atoms with van der Waals surface area (Å²) in [5.41, 5.74) is 21.1. The van der Waals surface area contributed by atoms with Crippen LogP contribution < -0.4 is 38.9 Å². The standard InChI is InChI=1S/C19H36N8O8/c1-8(28)13(21)16(32)25-10(4-3-7-24-19(22)23)15(31)27-14(9(2)29)17(33)26-11(18(34)35)5-6-12(20)30/h8-11,13-14,28-29H,3-7,21H2,1-2H3,(H2,20,30)(H,25,32)(H,26,33)(H,27,31)(H,34,35)(H4,22,23,24). The number of primary amides is 1. The molecular formula is C19H36N8O8. The molecule has 14 N–H and O–H groups in total. The molecule has 0 saturated carbocycles. The zero-order valence-corrected chi connectivity index (χ0v) is 19.6. The molecule has 0 aliphatic rings. The molecule has 35 heavy (non-hydrogen) atoms. The lowest BCUT2D eigenvalue weighted by molar-refractivity contribution is -0.143. The second-order valence-electron chi connectivity index (χ2n) is 7.91. The smallest absolute Gasteiger partial charge is 0.326 e. The van der Waals surface area contributed by atoms with Crippen LogP contribution in [0, 0.1) is 0 Å². The van der Waals surface area contributed by atoms with Gasteiger partial charge in [0, 0.05) is 13.0 Å². The third-order valence-corrected chi connectivity index (χ3v) is 4.76. The Bertz CT molecular complexity index is 785. The monoisotopic (exact) mass is 504 g/mol. The molecule has 0 heterocycles. The molecule has 4 amide bonds. The second-order valence-corrected chi connectivity index (χ2v) is 7.91. The number of guanidine groups is 1. The molecule has 6 unspecified atom stereocenters. The number of carbonyl (C=O) groups is 5. The molecule has 16 heteroatoms. The number of aliphatic carboxylic acids is 1. The number of nitrogens with two attached hydrogens (primary N) is 4. The SMILES string of the molecule is CC(O)C(N)C(=O)NC(CCCN=C(N)N)C(=O)NC(C(=O)NC(CCC(N)=O)C(=O)O)C(C)O. The molecule has 0 aliphatic heterocycles. The number of carboxylic acids is 1. The minimum Gasteiger partial charge on any atom is -0.480 e. The van der Waals surface area contributed by atoms with Gasteiger partial charge in [-0.05, 0) is 33.1 Å². The number of aliphatic imine (C=N–C) groups is 1. The molecular weight excluding hydrogens is 468 g/mol.